The van der Waals surface area contributed by atoms with E-state index in [-0.39, 0.29) is 35.5 Å². The highest BCUT2D eigenvalue weighted by molar-refractivity contribution is 8.00. The van der Waals surface area contributed by atoms with Crippen LogP contribution in [-0.2, 0) is 38.1 Å². The summed E-state index contributed by atoms with van der Waals surface area (Å²) >= 11 is 2.82. The van der Waals surface area contributed by atoms with Gasteiger partial charge in [0.15, 0.2) is 6.29 Å². The fraction of sp³-hybridized carbons (Fsp3) is 0.807. The van der Waals surface area contributed by atoms with Crippen LogP contribution in [0, 0.1) is 0 Å². The lowest BCUT2D eigenvalue weighted by atomic mass is 10.1. The summed E-state index contributed by atoms with van der Waals surface area (Å²) in [6.07, 6.45) is 49.2. The van der Waals surface area contributed by atoms with Gasteiger partial charge in [0.25, 0.3) is 0 Å². The molecule has 69 heavy (non-hydrogen) atoms. The lowest BCUT2D eigenvalue weighted by molar-refractivity contribution is -0.150. The third-order valence-corrected chi connectivity index (χ3v) is 13.2. The first-order valence-corrected chi connectivity index (χ1v) is 29.9. The molecule has 0 radical (unpaired) electrons. The van der Waals surface area contributed by atoms with Gasteiger partial charge in [-0.2, -0.15) is 0 Å². The molecule has 0 aliphatic carbocycles. The molecule has 0 fully saturated rings. The van der Waals surface area contributed by atoms with E-state index in [0.29, 0.717) is 70.2 Å². The third kappa shape index (κ3) is 55.1. The van der Waals surface area contributed by atoms with Gasteiger partial charge in [0.2, 0.25) is 0 Å². The molecular weight excluding hydrogens is 907 g/mol. The summed E-state index contributed by atoms with van der Waals surface area (Å²) in [7, 11) is 3.97. The van der Waals surface area contributed by atoms with Crippen LogP contribution < -0.4 is 0 Å². The van der Waals surface area contributed by atoms with E-state index in [2.05, 4.69) is 62.5 Å². The quantitative estimate of drug-likeness (QED) is 0.0205. The van der Waals surface area contributed by atoms with Crippen molar-refractivity contribution < 1.29 is 43.2 Å². The molecule has 0 saturated heterocycles. The molecule has 2 atom stereocenters. The first kappa shape index (κ1) is 66.9. The Kier molecular flexibility index (Phi) is 53.6. The minimum Gasteiger partial charge on any atom is -0.465 e. The molecular formula is C57H103NO9S2. The van der Waals surface area contributed by atoms with Crippen molar-refractivity contribution in [3.8, 4) is 0 Å². The molecule has 1 N–H and O–H groups in total. The number of carbonyl (C=O) groups is 3. The molecule has 12 heteroatoms. The number of carbonyl (C=O) groups excluding carboxylic acids is 3. The van der Waals surface area contributed by atoms with E-state index in [9.17, 15) is 19.5 Å². The van der Waals surface area contributed by atoms with Crippen molar-refractivity contribution in [1.82, 2.24) is 4.90 Å². The number of unbranched alkanes of at least 4 members (excludes halogenated alkanes) is 18. The van der Waals surface area contributed by atoms with E-state index in [4.69, 9.17) is 23.7 Å². The molecule has 0 aromatic rings. The van der Waals surface area contributed by atoms with Gasteiger partial charge in [0.1, 0.15) is 6.10 Å². The fourth-order valence-electron chi connectivity index (χ4n) is 7.29. The molecule has 0 rings (SSSR count). The highest BCUT2D eigenvalue weighted by atomic mass is 32.2. The zero-order valence-corrected chi connectivity index (χ0v) is 46.2. The van der Waals surface area contributed by atoms with Gasteiger partial charge in [-0.1, -0.05) is 140 Å². The van der Waals surface area contributed by atoms with Crippen LogP contribution in [0.25, 0.3) is 0 Å². The number of rotatable bonds is 53. The van der Waals surface area contributed by atoms with E-state index in [0.717, 1.165) is 77.2 Å². The van der Waals surface area contributed by atoms with E-state index in [1.165, 1.54) is 120 Å². The summed E-state index contributed by atoms with van der Waals surface area (Å²) in [5, 5.41) is 10.3. The zero-order valence-electron chi connectivity index (χ0n) is 44.5. The number of hydrogen-bond acceptors (Lipinski definition) is 12. The molecule has 10 nitrogen and oxygen atoms in total. The van der Waals surface area contributed by atoms with Crippen LogP contribution in [0.2, 0.25) is 0 Å². The molecule has 2 unspecified atom stereocenters. The average Bonchev–Trinajstić information content (AvgIpc) is 3.32. The SMILES string of the molecule is CCCCC/C=C\C/C=C\CCCCCCCCOC(=O)CSCCOCCCC(CCCOC(O)CSCC(=O)OCCCCCCCC/C=C\C/C=C\CCCCC)OC(=O)CCCN(C)C. The lowest BCUT2D eigenvalue weighted by Crippen LogP contribution is -2.22. The summed E-state index contributed by atoms with van der Waals surface area (Å²) in [6.45, 7) is 7.63. The topological polar surface area (TPSA) is 121 Å². The van der Waals surface area contributed by atoms with Crippen molar-refractivity contribution in [2.24, 2.45) is 0 Å². The number of nitrogens with zero attached hydrogens (tertiary/aromatic N) is 1. The first-order chi connectivity index (χ1) is 33.8. The number of ether oxygens (including phenoxy) is 5. The van der Waals surface area contributed by atoms with Gasteiger partial charge < -0.3 is 33.7 Å². The van der Waals surface area contributed by atoms with E-state index >= 15 is 0 Å². The molecule has 0 saturated carbocycles. The molecule has 0 spiro atoms. The van der Waals surface area contributed by atoms with Crippen LogP contribution in [0.15, 0.2) is 48.6 Å². The van der Waals surface area contributed by atoms with Gasteiger partial charge in [-0.15, -0.1) is 23.5 Å². The summed E-state index contributed by atoms with van der Waals surface area (Å²) in [5.41, 5.74) is 0. The Balaban J connectivity index is 3.99. The van der Waals surface area contributed by atoms with Crippen molar-refractivity contribution >= 4 is 41.4 Å². The average molecular weight is 1010 g/mol. The molecule has 402 valence electrons. The predicted molar refractivity (Wildman–Crippen MR) is 294 cm³/mol. The van der Waals surface area contributed by atoms with Crippen molar-refractivity contribution in [2.45, 2.75) is 219 Å². The Morgan fingerprint density at radius 2 is 0.971 bits per heavy atom. The number of hydrogen-bond donors (Lipinski definition) is 1. The smallest absolute Gasteiger partial charge is 0.315 e. The van der Waals surface area contributed by atoms with Crippen LogP contribution >= 0.6 is 23.5 Å². The normalized spacial score (nSPS) is 12.9. The van der Waals surface area contributed by atoms with Gasteiger partial charge >= 0.3 is 17.9 Å². The molecule has 0 aromatic heterocycles. The van der Waals surface area contributed by atoms with Crippen LogP contribution in [-0.4, -0.2) is 117 Å². The first-order valence-electron chi connectivity index (χ1n) is 27.6. The Morgan fingerprint density at radius 3 is 1.48 bits per heavy atom. The van der Waals surface area contributed by atoms with Crippen molar-refractivity contribution in [3.05, 3.63) is 48.6 Å². The van der Waals surface area contributed by atoms with E-state index < -0.39 is 6.29 Å². The number of allylic oxidation sites excluding steroid dienone is 8. The number of esters is 3. The van der Waals surface area contributed by atoms with Gasteiger partial charge in [-0.05, 0) is 130 Å². The molecule has 0 aliphatic rings. The lowest BCUT2D eigenvalue weighted by Gasteiger charge is -2.19. The minimum absolute atomic E-state index is 0.165. The maximum absolute atomic E-state index is 12.6. The molecule has 0 aromatic carbocycles. The van der Waals surface area contributed by atoms with E-state index in [1.807, 2.05) is 19.0 Å². The molecule has 0 amide bonds. The maximum Gasteiger partial charge on any atom is 0.315 e. The minimum atomic E-state index is -0.990. The van der Waals surface area contributed by atoms with Crippen molar-refractivity contribution in [3.63, 3.8) is 0 Å². The Morgan fingerprint density at radius 1 is 0.507 bits per heavy atom. The zero-order chi connectivity index (χ0) is 50.4. The van der Waals surface area contributed by atoms with Gasteiger partial charge in [-0.25, -0.2) is 0 Å². The van der Waals surface area contributed by atoms with Crippen molar-refractivity contribution in [2.75, 3.05) is 76.7 Å². The van der Waals surface area contributed by atoms with Crippen LogP contribution in [0.5, 0.6) is 0 Å². The number of aliphatic hydroxyl groups is 1. The largest absolute Gasteiger partial charge is 0.465 e. The van der Waals surface area contributed by atoms with Gasteiger partial charge in [0.05, 0.1) is 31.3 Å². The second-order valence-electron chi connectivity index (χ2n) is 18.4. The van der Waals surface area contributed by atoms with Crippen LogP contribution in [0.4, 0.5) is 0 Å². The maximum atomic E-state index is 12.6. The highest BCUT2D eigenvalue weighted by Gasteiger charge is 2.16. The monoisotopic (exact) mass is 1010 g/mol. The summed E-state index contributed by atoms with van der Waals surface area (Å²) in [5.74, 6) is 0.865. The number of thioether (sulfide) groups is 2. The fourth-order valence-corrected chi connectivity index (χ4v) is 8.59. The molecule has 0 aliphatic heterocycles. The Labute approximate surface area is 431 Å². The van der Waals surface area contributed by atoms with Gasteiger partial charge in [0, 0.05) is 31.1 Å². The van der Waals surface area contributed by atoms with E-state index in [1.54, 1.807) is 0 Å². The Hall–Kier alpha value is -2.09. The summed E-state index contributed by atoms with van der Waals surface area (Å²) in [4.78, 5) is 39.0. The summed E-state index contributed by atoms with van der Waals surface area (Å²) in [6, 6.07) is 0. The van der Waals surface area contributed by atoms with Crippen LogP contribution in [0.3, 0.4) is 0 Å². The molecule has 0 bridgehead atoms. The summed E-state index contributed by atoms with van der Waals surface area (Å²) < 4.78 is 28.1. The predicted octanol–water partition coefficient (Wildman–Crippen LogP) is 14.3. The second-order valence-corrected chi connectivity index (χ2v) is 20.6. The highest BCUT2D eigenvalue weighted by Crippen LogP contribution is 2.15. The van der Waals surface area contributed by atoms with Crippen molar-refractivity contribution in [1.29, 1.82) is 0 Å². The third-order valence-electron chi connectivity index (χ3n) is 11.4. The Bertz CT molecular complexity index is 1260. The van der Waals surface area contributed by atoms with Gasteiger partial charge in [-0.3, -0.25) is 14.4 Å². The number of aliphatic hydroxyl groups excluding tert-OH is 1. The second kappa shape index (κ2) is 55.2. The standard InChI is InChI=1S/C57H103NO9S2/c1-5-7-9-11-13-15-17-19-21-23-25-27-29-31-33-35-45-64-55(60)50-68-49-48-63-44-38-40-53(67-54(59)42-37-43-58(3)4)41-39-47-66-57(62)52-69-51-56(61)65-46-36-34-32-30-28-26-24-22-20-18-16-14-12-10-8-6-2/h13-16,19-22,53,57,62H,5-12,17-18,23-52H2,1-4H3/b15-13-,16-14-,21-19-,22-20-. The molecule has 0 heterocycles. The van der Waals surface area contributed by atoms with Crippen LogP contribution in [0.1, 0.15) is 206 Å².